The van der Waals surface area contributed by atoms with Gasteiger partial charge in [-0.15, -0.1) is 0 Å². The molecule has 1 unspecified atom stereocenters. The Kier molecular flexibility index (Phi) is 4.25. The lowest BCUT2D eigenvalue weighted by Gasteiger charge is -2.20. The number of anilines is 1. The Morgan fingerprint density at radius 1 is 1.50 bits per heavy atom. The Bertz CT molecular complexity index is 567. The molecule has 2 amide bonds. The number of carboxylic acid groups (broad SMARTS) is 1. The van der Waals surface area contributed by atoms with Crippen LogP contribution in [0.15, 0.2) is 22.7 Å². The average Bonchev–Trinajstić information content (AvgIpc) is 2.78. The van der Waals surface area contributed by atoms with Crippen LogP contribution in [0.2, 0.25) is 5.02 Å². The van der Waals surface area contributed by atoms with Gasteiger partial charge in [-0.05, 0) is 47.5 Å². The van der Waals surface area contributed by atoms with Crippen LogP contribution in [0.5, 0.6) is 0 Å². The highest BCUT2D eigenvalue weighted by molar-refractivity contribution is 9.10. The van der Waals surface area contributed by atoms with Gasteiger partial charge < -0.3 is 15.3 Å². The van der Waals surface area contributed by atoms with Crippen molar-refractivity contribution in [2.24, 2.45) is 5.41 Å². The predicted octanol–water partition coefficient (Wildman–Crippen LogP) is 3.43. The van der Waals surface area contributed by atoms with E-state index >= 15 is 0 Å². The van der Waals surface area contributed by atoms with Gasteiger partial charge in [-0.3, -0.25) is 4.79 Å². The first kappa shape index (κ1) is 15.1. The SMILES string of the molecule is CC1(C(=O)O)CCN(C(=O)Nc2ccc(Cl)c(Br)c2)C1. The first-order chi connectivity index (χ1) is 9.32. The van der Waals surface area contributed by atoms with Crippen LogP contribution in [0.1, 0.15) is 13.3 Å². The first-order valence-electron chi connectivity index (χ1n) is 6.06. The summed E-state index contributed by atoms with van der Waals surface area (Å²) >= 11 is 9.16. The van der Waals surface area contributed by atoms with E-state index in [1.165, 1.54) is 4.90 Å². The number of nitrogens with zero attached hydrogens (tertiary/aromatic N) is 1. The topological polar surface area (TPSA) is 69.6 Å². The Morgan fingerprint density at radius 3 is 2.75 bits per heavy atom. The van der Waals surface area contributed by atoms with Crippen molar-refractivity contribution in [2.75, 3.05) is 18.4 Å². The summed E-state index contributed by atoms with van der Waals surface area (Å²) in [4.78, 5) is 24.8. The van der Waals surface area contributed by atoms with Crippen molar-refractivity contribution in [1.29, 1.82) is 0 Å². The molecule has 2 rings (SSSR count). The summed E-state index contributed by atoms with van der Waals surface area (Å²) in [6.07, 6.45) is 0.458. The summed E-state index contributed by atoms with van der Waals surface area (Å²) in [7, 11) is 0. The summed E-state index contributed by atoms with van der Waals surface area (Å²) in [6.45, 7) is 2.30. The average molecular weight is 362 g/mol. The summed E-state index contributed by atoms with van der Waals surface area (Å²) in [5, 5.41) is 12.4. The van der Waals surface area contributed by atoms with E-state index in [9.17, 15) is 9.59 Å². The zero-order valence-electron chi connectivity index (χ0n) is 10.8. The first-order valence-corrected chi connectivity index (χ1v) is 7.23. The third kappa shape index (κ3) is 3.07. The monoisotopic (exact) mass is 360 g/mol. The van der Waals surface area contributed by atoms with Crippen molar-refractivity contribution in [3.63, 3.8) is 0 Å². The third-order valence-electron chi connectivity index (χ3n) is 3.45. The van der Waals surface area contributed by atoms with Crippen molar-refractivity contribution in [3.05, 3.63) is 27.7 Å². The van der Waals surface area contributed by atoms with Crippen molar-refractivity contribution >= 4 is 45.2 Å². The van der Waals surface area contributed by atoms with Gasteiger partial charge in [0.2, 0.25) is 0 Å². The molecular weight excluding hydrogens is 348 g/mol. The number of rotatable bonds is 2. The minimum absolute atomic E-state index is 0.211. The Balaban J connectivity index is 2.03. The number of urea groups is 1. The molecule has 1 aromatic rings. The molecular formula is C13H14BrClN2O3. The smallest absolute Gasteiger partial charge is 0.321 e. The molecule has 0 aliphatic carbocycles. The number of carbonyl (C=O) groups is 2. The molecule has 0 radical (unpaired) electrons. The van der Waals surface area contributed by atoms with Gasteiger partial charge in [0.05, 0.1) is 10.4 Å². The van der Waals surface area contributed by atoms with E-state index in [0.29, 0.717) is 28.1 Å². The zero-order chi connectivity index (χ0) is 14.9. The number of halogens is 2. The lowest BCUT2D eigenvalue weighted by atomic mass is 9.90. The number of carboxylic acids is 1. The Morgan fingerprint density at radius 2 is 2.20 bits per heavy atom. The van der Waals surface area contributed by atoms with Crippen molar-refractivity contribution in [3.8, 4) is 0 Å². The number of likely N-dealkylation sites (tertiary alicyclic amines) is 1. The molecule has 1 aliphatic heterocycles. The molecule has 1 fully saturated rings. The number of amides is 2. The second-order valence-corrected chi connectivity index (χ2v) is 6.36. The maximum Gasteiger partial charge on any atom is 0.321 e. The molecule has 7 heteroatoms. The molecule has 20 heavy (non-hydrogen) atoms. The van der Waals surface area contributed by atoms with E-state index in [0.717, 1.165) is 0 Å². The second-order valence-electron chi connectivity index (χ2n) is 5.10. The van der Waals surface area contributed by atoms with E-state index in [2.05, 4.69) is 21.2 Å². The van der Waals surface area contributed by atoms with Crippen LogP contribution in [-0.4, -0.2) is 35.1 Å². The van der Waals surface area contributed by atoms with E-state index in [-0.39, 0.29) is 12.6 Å². The van der Waals surface area contributed by atoms with Gasteiger partial charge in [0.15, 0.2) is 0 Å². The number of nitrogens with one attached hydrogen (secondary N) is 1. The van der Waals surface area contributed by atoms with Crippen molar-refractivity contribution in [2.45, 2.75) is 13.3 Å². The summed E-state index contributed by atoms with van der Waals surface area (Å²) in [5.74, 6) is -0.873. The molecule has 0 saturated carbocycles. The predicted molar refractivity (Wildman–Crippen MR) is 80.1 cm³/mol. The van der Waals surface area contributed by atoms with Gasteiger partial charge in [0.1, 0.15) is 0 Å². The van der Waals surface area contributed by atoms with Gasteiger partial charge in [0.25, 0.3) is 0 Å². The number of hydrogen-bond donors (Lipinski definition) is 2. The summed E-state index contributed by atoms with van der Waals surface area (Å²) < 4.78 is 0.689. The molecule has 0 bridgehead atoms. The molecule has 1 atom stereocenters. The van der Waals surface area contributed by atoms with E-state index < -0.39 is 11.4 Å². The van der Waals surface area contributed by atoms with Crippen molar-refractivity contribution < 1.29 is 14.7 Å². The molecule has 1 heterocycles. The minimum atomic E-state index is -0.873. The Labute approximate surface area is 130 Å². The fraction of sp³-hybridized carbons (Fsp3) is 0.385. The van der Waals surface area contributed by atoms with Crippen LogP contribution >= 0.6 is 27.5 Å². The number of hydrogen-bond acceptors (Lipinski definition) is 2. The number of benzene rings is 1. The van der Waals surface area contributed by atoms with Crippen LogP contribution in [0.3, 0.4) is 0 Å². The molecule has 1 saturated heterocycles. The maximum absolute atomic E-state index is 12.1. The van der Waals surface area contributed by atoms with Gasteiger partial charge >= 0.3 is 12.0 Å². The van der Waals surface area contributed by atoms with Crippen LogP contribution in [0, 0.1) is 5.41 Å². The molecule has 2 N–H and O–H groups in total. The lowest BCUT2D eigenvalue weighted by Crippen LogP contribution is -2.37. The highest BCUT2D eigenvalue weighted by atomic mass is 79.9. The molecule has 1 aliphatic rings. The fourth-order valence-corrected chi connectivity index (χ4v) is 2.58. The number of carbonyl (C=O) groups excluding carboxylic acids is 1. The summed E-state index contributed by atoms with van der Waals surface area (Å²) in [5.41, 5.74) is -0.257. The minimum Gasteiger partial charge on any atom is -0.481 e. The lowest BCUT2D eigenvalue weighted by molar-refractivity contribution is -0.146. The van der Waals surface area contributed by atoms with Gasteiger partial charge in [-0.2, -0.15) is 0 Å². The van der Waals surface area contributed by atoms with Crippen LogP contribution in [0.25, 0.3) is 0 Å². The molecule has 0 aromatic heterocycles. The van der Waals surface area contributed by atoms with Crippen LogP contribution < -0.4 is 5.32 Å². The zero-order valence-corrected chi connectivity index (χ0v) is 13.2. The normalized spacial score (nSPS) is 21.9. The van der Waals surface area contributed by atoms with Crippen LogP contribution in [-0.2, 0) is 4.79 Å². The highest BCUT2D eigenvalue weighted by Gasteiger charge is 2.42. The van der Waals surface area contributed by atoms with E-state index in [1.54, 1.807) is 25.1 Å². The summed E-state index contributed by atoms with van der Waals surface area (Å²) in [6, 6.07) is 4.76. The van der Waals surface area contributed by atoms with Gasteiger partial charge in [-0.25, -0.2) is 4.79 Å². The Hall–Kier alpha value is -1.27. The molecule has 108 valence electrons. The highest BCUT2D eigenvalue weighted by Crippen LogP contribution is 2.31. The second kappa shape index (κ2) is 5.61. The largest absolute Gasteiger partial charge is 0.481 e. The molecule has 0 spiro atoms. The number of aliphatic carboxylic acids is 1. The quantitative estimate of drug-likeness (QED) is 0.848. The maximum atomic E-state index is 12.1. The standard InChI is InChI=1S/C13H14BrClN2O3/c1-13(11(18)19)4-5-17(7-13)12(20)16-8-2-3-10(15)9(14)6-8/h2-3,6H,4-5,7H2,1H3,(H,16,20)(H,18,19). The molecule has 5 nitrogen and oxygen atoms in total. The van der Waals surface area contributed by atoms with Crippen molar-refractivity contribution in [1.82, 2.24) is 4.90 Å². The van der Waals surface area contributed by atoms with E-state index in [1.807, 2.05) is 0 Å². The third-order valence-corrected chi connectivity index (χ3v) is 4.66. The van der Waals surface area contributed by atoms with Gasteiger partial charge in [-0.1, -0.05) is 11.6 Å². The van der Waals surface area contributed by atoms with Crippen LogP contribution in [0.4, 0.5) is 10.5 Å². The van der Waals surface area contributed by atoms with Gasteiger partial charge in [0, 0.05) is 23.2 Å². The van der Waals surface area contributed by atoms with E-state index in [4.69, 9.17) is 16.7 Å². The molecule has 1 aromatic carbocycles. The fourth-order valence-electron chi connectivity index (χ4n) is 2.09.